The minimum atomic E-state index is -0.428. The number of hydrogen-bond donors (Lipinski definition) is 1. The van der Waals surface area contributed by atoms with Gasteiger partial charge < -0.3 is 19.7 Å². The van der Waals surface area contributed by atoms with Crippen molar-refractivity contribution in [3.05, 3.63) is 35.9 Å². The number of carbonyl (C=O) groups is 1. The summed E-state index contributed by atoms with van der Waals surface area (Å²) in [7, 11) is 3.20. The highest BCUT2D eigenvalue weighted by Gasteiger charge is 2.44. The van der Waals surface area contributed by atoms with E-state index in [4.69, 9.17) is 21.7 Å². The first-order chi connectivity index (χ1) is 12.0. The molecule has 1 N–H and O–H groups in total. The zero-order valence-corrected chi connectivity index (χ0v) is 16.1. The Balaban J connectivity index is 2.19. The maximum absolute atomic E-state index is 12.5. The van der Waals surface area contributed by atoms with E-state index in [2.05, 4.69) is 5.32 Å². The van der Waals surface area contributed by atoms with Gasteiger partial charge in [0.1, 0.15) is 4.99 Å². The van der Waals surface area contributed by atoms with Crippen LogP contribution in [0.25, 0.3) is 0 Å². The smallest absolute Gasteiger partial charge is 0.220 e. The van der Waals surface area contributed by atoms with Crippen LogP contribution in [0.2, 0.25) is 0 Å². The van der Waals surface area contributed by atoms with E-state index in [1.165, 1.54) is 0 Å². The zero-order chi connectivity index (χ0) is 18.3. The lowest BCUT2D eigenvalue weighted by Gasteiger charge is -2.42. The summed E-state index contributed by atoms with van der Waals surface area (Å²) in [5.74, 6) is 0.0462. The Morgan fingerprint density at radius 1 is 1.24 bits per heavy atom. The molecule has 6 heteroatoms. The predicted molar refractivity (Wildman–Crippen MR) is 102 cm³/mol. The number of thiocarbonyl (C=S) groups is 1. The second-order valence-corrected chi connectivity index (χ2v) is 6.85. The highest BCUT2D eigenvalue weighted by molar-refractivity contribution is 7.80. The third kappa shape index (κ3) is 4.77. The van der Waals surface area contributed by atoms with E-state index in [9.17, 15) is 4.79 Å². The molecule has 1 aliphatic carbocycles. The molecule has 1 aromatic rings. The number of amides is 1. The third-order valence-corrected chi connectivity index (χ3v) is 5.41. The highest BCUT2D eigenvalue weighted by Crippen LogP contribution is 2.37. The first kappa shape index (κ1) is 19.8. The molecule has 0 aromatic heterocycles. The minimum absolute atomic E-state index is 0.0462. The number of methoxy groups -OCH3 is 2. The Morgan fingerprint density at radius 2 is 1.84 bits per heavy atom. The lowest BCUT2D eigenvalue weighted by molar-refractivity contribution is -0.133. The largest absolute Gasteiger partial charge is 0.373 e. The van der Waals surface area contributed by atoms with Gasteiger partial charge in [-0.15, -0.1) is 0 Å². The lowest BCUT2D eigenvalue weighted by Crippen LogP contribution is -2.58. The monoisotopic (exact) mass is 364 g/mol. The van der Waals surface area contributed by atoms with Crippen molar-refractivity contribution < 1.29 is 14.3 Å². The van der Waals surface area contributed by atoms with Crippen LogP contribution in [0.4, 0.5) is 0 Å². The molecule has 138 valence electrons. The molecular formula is C19H28N2O3S. The molecule has 0 radical (unpaired) electrons. The molecule has 25 heavy (non-hydrogen) atoms. The van der Waals surface area contributed by atoms with Crippen LogP contribution in [0, 0.1) is 0 Å². The Morgan fingerprint density at radius 3 is 2.36 bits per heavy atom. The van der Waals surface area contributed by atoms with Crippen molar-refractivity contribution in [2.45, 2.75) is 51.0 Å². The third-order valence-electron chi connectivity index (χ3n) is 4.89. The van der Waals surface area contributed by atoms with Crippen LogP contribution in [0.5, 0.6) is 0 Å². The van der Waals surface area contributed by atoms with Gasteiger partial charge in [0.05, 0.1) is 12.1 Å². The van der Waals surface area contributed by atoms with Crippen molar-refractivity contribution >= 4 is 23.1 Å². The van der Waals surface area contributed by atoms with E-state index in [1.807, 2.05) is 35.2 Å². The highest BCUT2D eigenvalue weighted by atomic mass is 32.1. The quantitative estimate of drug-likeness (QED) is 0.568. The van der Waals surface area contributed by atoms with Crippen molar-refractivity contribution in [1.82, 2.24) is 10.2 Å². The molecule has 0 spiro atoms. The van der Waals surface area contributed by atoms with Crippen LogP contribution in [0.1, 0.15) is 38.2 Å². The van der Waals surface area contributed by atoms with Gasteiger partial charge in [-0.1, -0.05) is 55.4 Å². The standard InChI is InChI=1S/C19H28N2O3S/c1-15(22)21(14-16-9-5-4-6-10-16)19(11-7-8-12-19)18(25)20-13-17(23-2)24-3/h4-6,9-10,17H,7-8,11-14H2,1-3H3,(H,20,25). The Kier molecular flexibility index (Phi) is 7.35. The average molecular weight is 365 g/mol. The second-order valence-electron chi connectivity index (χ2n) is 6.44. The Bertz CT molecular complexity index is 569. The van der Waals surface area contributed by atoms with Gasteiger partial charge in [-0.3, -0.25) is 4.79 Å². The van der Waals surface area contributed by atoms with Crippen LogP contribution in [-0.2, 0) is 20.8 Å². The number of nitrogens with zero attached hydrogens (tertiary/aromatic N) is 1. The van der Waals surface area contributed by atoms with Crippen molar-refractivity contribution in [3.8, 4) is 0 Å². The van der Waals surface area contributed by atoms with Gasteiger partial charge in [0.25, 0.3) is 0 Å². The summed E-state index contributed by atoms with van der Waals surface area (Å²) < 4.78 is 10.4. The SMILES string of the molecule is COC(CNC(=S)C1(N(Cc2ccccc2)C(C)=O)CCCC1)OC. The molecule has 0 aliphatic heterocycles. The molecule has 1 fully saturated rings. The molecule has 0 bridgehead atoms. The van der Waals surface area contributed by atoms with Crippen LogP contribution in [0.3, 0.4) is 0 Å². The molecule has 1 amide bonds. The first-order valence-electron chi connectivity index (χ1n) is 8.69. The molecule has 1 aromatic carbocycles. The van der Waals surface area contributed by atoms with Gasteiger partial charge >= 0.3 is 0 Å². The number of benzene rings is 1. The normalized spacial score (nSPS) is 16.0. The predicted octanol–water partition coefficient (Wildman–Crippen LogP) is 2.88. The van der Waals surface area contributed by atoms with Gasteiger partial charge in [0.15, 0.2) is 6.29 Å². The number of ether oxygens (including phenoxy) is 2. The van der Waals surface area contributed by atoms with E-state index in [-0.39, 0.29) is 12.2 Å². The fourth-order valence-electron chi connectivity index (χ4n) is 3.51. The molecule has 0 heterocycles. The Hall–Kier alpha value is -1.50. The van der Waals surface area contributed by atoms with Crippen LogP contribution in [-0.4, -0.2) is 48.4 Å². The number of carbonyl (C=O) groups excluding carboxylic acids is 1. The van der Waals surface area contributed by atoms with E-state index < -0.39 is 5.54 Å². The van der Waals surface area contributed by atoms with Gasteiger partial charge in [0.2, 0.25) is 5.91 Å². The summed E-state index contributed by atoms with van der Waals surface area (Å²) in [4.78, 5) is 15.1. The van der Waals surface area contributed by atoms with E-state index in [1.54, 1.807) is 21.1 Å². The van der Waals surface area contributed by atoms with Crippen LogP contribution < -0.4 is 5.32 Å². The molecule has 1 saturated carbocycles. The molecule has 0 unspecified atom stereocenters. The zero-order valence-electron chi connectivity index (χ0n) is 15.3. The average Bonchev–Trinajstić information content (AvgIpc) is 3.11. The summed E-state index contributed by atoms with van der Waals surface area (Å²) in [6, 6.07) is 10.1. The first-order valence-corrected chi connectivity index (χ1v) is 9.10. The van der Waals surface area contributed by atoms with Crippen LogP contribution in [0.15, 0.2) is 30.3 Å². The van der Waals surface area contributed by atoms with Crippen molar-refractivity contribution in [2.75, 3.05) is 20.8 Å². The van der Waals surface area contributed by atoms with E-state index >= 15 is 0 Å². The number of hydrogen-bond acceptors (Lipinski definition) is 4. The summed E-state index contributed by atoms with van der Waals surface area (Å²) in [6.07, 6.45) is 3.54. The Labute approximate surface area is 155 Å². The fraction of sp³-hybridized carbons (Fsp3) is 0.579. The summed E-state index contributed by atoms with van der Waals surface area (Å²) in [5.41, 5.74) is 0.682. The van der Waals surface area contributed by atoms with E-state index in [0.29, 0.717) is 18.1 Å². The van der Waals surface area contributed by atoms with Crippen molar-refractivity contribution in [1.29, 1.82) is 0 Å². The number of nitrogens with one attached hydrogen (secondary N) is 1. The molecule has 2 rings (SSSR count). The van der Waals surface area contributed by atoms with Gasteiger partial charge in [-0.2, -0.15) is 0 Å². The summed E-state index contributed by atoms with van der Waals surface area (Å²) in [5, 5.41) is 3.28. The minimum Gasteiger partial charge on any atom is -0.373 e. The van der Waals surface area contributed by atoms with E-state index in [0.717, 1.165) is 31.2 Å². The van der Waals surface area contributed by atoms with Crippen molar-refractivity contribution in [2.24, 2.45) is 0 Å². The topological polar surface area (TPSA) is 50.8 Å². The molecular weight excluding hydrogens is 336 g/mol. The van der Waals surface area contributed by atoms with Crippen molar-refractivity contribution in [3.63, 3.8) is 0 Å². The molecule has 0 atom stereocenters. The summed E-state index contributed by atoms with van der Waals surface area (Å²) in [6.45, 7) is 2.65. The molecule has 0 saturated heterocycles. The second kappa shape index (κ2) is 9.27. The maximum Gasteiger partial charge on any atom is 0.220 e. The maximum atomic E-state index is 12.5. The van der Waals surface area contributed by atoms with Gasteiger partial charge in [-0.25, -0.2) is 0 Å². The lowest BCUT2D eigenvalue weighted by atomic mass is 9.93. The summed E-state index contributed by atoms with van der Waals surface area (Å²) >= 11 is 5.74. The number of rotatable bonds is 8. The van der Waals surface area contributed by atoms with Gasteiger partial charge in [0, 0.05) is 27.7 Å². The fourth-order valence-corrected chi connectivity index (χ4v) is 3.91. The van der Waals surface area contributed by atoms with Gasteiger partial charge in [-0.05, 0) is 18.4 Å². The molecule has 5 nitrogen and oxygen atoms in total. The molecule has 1 aliphatic rings. The van der Waals surface area contributed by atoms with Crippen LogP contribution >= 0.6 is 12.2 Å².